The van der Waals surface area contributed by atoms with E-state index in [1.165, 1.54) is 0 Å². The van der Waals surface area contributed by atoms with Gasteiger partial charge in [0.15, 0.2) is 0 Å². The van der Waals surface area contributed by atoms with Crippen LogP contribution in [0.2, 0.25) is 0 Å². The van der Waals surface area contributed by atoms with Crippen LogP contribution in [-0.2, 0) is 22.6 Å². The fourth-order valence-electron chi connectivity index (χ4n) is 1.90. The summed E-state index contributed by atoms with van der Waals surface area (Å²) in [5, 5.41) is 2.66. The zero-order valence-corrected chi connectivity index (χ0v) is 12.5. The Hall–Kier alpha value is -2.63. The number of carbonyl (C=O) groups excluding carboxylic acids is 2. The van der Waals surface area contributed by atoms with Gasteiger partial charge in [0.25, 0.3) is 0 Å². The van der Waals surface area contributed by atoms with Crippen molar-refractivity contribution in [2.75, 3.05) is 13.6 Å². The van der Waals surface area contributed by atoms with Gasteiger partial charge in [-0.15, -0.1) is 0 Å². The lowest BCUT2D eigenvalue weighted by atomic mass is 10.2. The van der Waals surface area contributed by atoms with Crippen LogP contribution in [0.25, 0.3) is 0 Å². The Balaban J connectivity index is 1.70. The Bertz CT molecular complexity index is 596. The first kappa shape index (κ1) is 15.8. The quantitative estimate of drug-likeness (QED) is 0.784. The lowest BCUT2D eigenvalue weighted by Gasteiger charge is -2.16. The number of aromatic nitrogens is 1. The van der Waals surface area contributed by atoms with E-state index in [1.54, 1.807) is 42.7 Å². The predicted molar refractivity (Wildman–Crippen MR) is 80.7 cm³/mol. The molecule has 2 amide bonds. The zero-order chi connectivity index (χ0) is 15.8. The van der Waals surface area contributed by atoms with Crippen LogP contribution in [0.15, 0.2) is 47.3 Å². The summed E-state index contributed by atoms with van der Waals surface area (Å²) in [6.45, 7) is 0.855. The molecule has 0 aliphatic carbocycles. The van der Waals surface area contributed by atoms with Crippen LogP contribution in [-0.4, -0.2) is 35.3 Å². The molecule has 0 aliphatic rings. The van der Waals surface area contributed by atoms with Crippen molar-refractivity contribution in [3.05, 3.63) is 54.2 Å². The summed E-state index contributed by atoms with van der Waals surface area (Å²) in [5.41, 5.74) is 1.11. The second kappa shape index (κ2) is 7.97. The highest BCUT2D eigenvalue weighted by Crippen LogP contribution is 2.01. The van der Waals surface area contributed by atoms with Gasteiger partial charge in [0.1, 0.15) is 12.2 Å². The third-order valence-electron chi connectivity index (χ3n) is 3.26. The molecule has 0 spiro atoms. The lowest BCUT2D eigenvalue weighted by Crippen LogP contribution is -2.34. The van der Waals surface area contributed by atoms with Crippen LogP contribution in [0.4, 0.5) is 0 Å². The van der Waals surface area contributed by atoms with Crippen molar-refractivity contribution in [3.63, 3.8) is 0 Å². The molecule has 116 valence electrons. The van der Waals surface area contributed by atoms with E-state index >= 15 is 0 Å². The maximum Gasteiger partial charge on any atom is 0.231 e. The number of pyridine rings is 1. The smallest absolute Gasteiger partial charge is 0.231 e. The third-order valence-corrected chi connectivity index (χ3v) is 3.26. The number of nitrogens with zero attached hydrogens (tertiary/aromatic N) is 2. The van der Waals surface area contributed by atoms with Gasteiger partial charge in [-0.2, -0.15) is 0 Å². The molecule has 0 radical (unpaired) electrons. The largest absolute Gasteiger partial charge is 0.467 e. The second-order valence-corrected chi connectivity index (χ2v) is 4.95. The van der Waals surface area contributed by atoms with E-state index in [0.29, 0.717) is 18.8 Å². The highest BCUT2D eigenvalue weighted by Gasteiger charge is 2.14. The number of hydrogen-bond acceptors (Lipinski definition) is 4. The summed E-state index contributed by atoms with van der Waals surface area (Å²) in [7, 11) is 1.70. The monoisotopic (exact) mass is 301 g/mol. The maximum absolute atomic E-state index is 12.0. The number of nitrogens with one attached hydrogen (secondary N) is 1. The van der Waals surface area contributed by atoms with E-state index in [-0.39, 0.29) is 18.2 Å². The fourth-order valence-corrected chi connectivity index (χ4v) is 1.90. The molecule has 0 aliphatic heterocycles. The van der Waals surface area contributed by atoms with Crippen molar-refractivity contribution < 1.29 is 14.0 Å². The molecule has 0 saturated carbocycles. The predicted octanol–water partition coefficient (Wildman–Crippen LogP) is 1.38. The van der Waals surface area contributed by atoms with Gasteiger partial charge in [-0.3, -0.25) is 14.6 Å². The van der Waals surface area contributed by atoms with Crippen molar-refractivity contribution in [2.45, 2.75) is 19.4 Å². The van der Waals surface area contributed by atoms with Crippen LogP contribution in [0.5, 0.6) is 0 Å². The first-order chi connectivity index (χ1) is 10.6. The number of carbonyl (C=O) groups is 2. The third kappa shape index (κ3) is 5.05. The van der Waals surface area contributed by atoms with Gasteiger partial charge < -0.3 is 14.6 Å². The second-order valence-electron chi connectivity index (χ2n) is 4.95. The molecule has 2 rings (SSSR count). The number of likely N-dealkylation sites (N-methyl/N-ethyl adjacent to an activating group) is 1. The van der Waals surface area contributed by atoms with Gasteiger partial charge in [-0.25, -0.2) is 0 Å². The van der Waals surface area contributed by atoms with Crippen molar-refractivity contribution in [2.24, 2.45) is 0 Å². The summed E-state index contributed by atoms with van der Waals surface area (Å²) in [6, 6.07) is 7.34. The highest BCUT2D eigenvalue weighted by atomic mass is 16.3. The van der Waals surface area contributed by atoms with Gasteiger partial charge >= 0.3 is 0 Å². The molecule has 0 unspecified atom stereocenters. The minimum absolute atomic E-state index is 0.159. The molecule has 0 bridgehead atoms. The normalized spacial score (nSPS) is 10.2. The van der Waals surface area contributed by atoms with E-state index in [1.807, 2.05) is 12.1 Å². The molecular formula is C16H19N3O3. The molecule has 0 fully saturated rings. The van der Waals surface area contributed by atoms with Crippen molar-refractivity contribution in [1.29, 1.82) is 0 Å². The molecule has 2 heterocycles. The topological polar surface area (TPSA) is 75.4 Å². The molecule has 2 aromatic rings. The van der Waals surface area contributed by atoms with Gasteiger partial charge in [0, 0.05) is 26.0 Å². The van der Waals surface area contributed by atoms with E-state index in [9.17, 15) is 9.59 Å². The Labute approximate surface area is 129 Å². The summed E-state index contributed by atoms with van der Waals surface area (Å²) < 4.78 is 5.11. The van der Waals surface area contributed by atoms with Crippen LogP contribution in [0.1, 0.15) is 17.7 Å². The lowest BCUT2D eigenvalue weighted by molar-refractivity contribution is -0.135. The molecule has 0 atom stereocenters. The molecule has 6 nitrogen and oxygen atoms in total. The van der Waals surface area contributed by atoms with E-state index in [0.717, 1.165) is 12.0 Å². The Morgan fingerprint density at radius 1 is 1.27 bits per heavy atom. The van der Waals surface area contributed by atoms with Crippen molar-refractivity contribution >= 4 is 11.8 Å². The Kier molecular flexibility index (Phi) is 5.71. The number of amides is 2. The van der Waals surface area contributed by atoms with Gasteiger partial charge in [0.2, 0.25) is 11.8 Å². The molecular weight excluding hydrogens is 282 g/mol. The number of hydrogen-bond donors (Lipinski definition) is 1. The van der Waals surface area contributed by atoms with Crippen LogP contribution in [0.3, 0.4) is 0 Å². The van der Waals surface area contributed by atoms with Gasteiger partial charge in [0.05, 0.1) is 12.8 Å². The van der Waals surface area contributed by atoms with Crippen LogP contribution >= 0.6 is 0 Å². The van der Waals surface area contributed by atoms with Crippen LogP contribution < -0.4 is 5.32 Å². The Morgan fingerprint density at radius 3 is 2.73 bits per heavy atom. The SMILES string of the molecule is CN(CCc1ccncc1)C(=O)CC(=O)NCc1ccco1. The summed E-state index contributed by atoms with van der Waals surface area (Å²) in [5.74, 6) is 0.148. The molecule has 0 saturated heterocycles. The van der Waals surface area contributed by atoms with E-state index < -0.39 is 0 Å². The standard InChI is InChI=1S/C16H19N3O3/c1-19(9-6-13-4-7-17-8-5-13)16(21)11-15(20)18-12-14-3-2-10-22-14/h2-5,7-8,10H,6,9,11-12H2,1H3,(H,18,20). The summed E-state index contributed by atoms with van der Waals surface area (Å²) in [6.07, 6.45) is 5.56. The summed E-state index contributed by atoms with van der Waals surface area (Å²) >= 11 is 0. The first-order valence-electron chi connectivity index (χ1n) is 7.07. The molecule has 6 heteroatoms. The summed E-state index contributed by atoms with van der Waals surface area (Å²) in [4.78, 5) is 29.2. The van der Waals surface area contributed by atoms with E-state index in [4.69, 9.17) is 4.42 Å². The fraction of sp³-hybridized carbons (Fsp3) is 0.312. The van der Waals surface area contributed by atoms with Gasteiger partial charge in [-0.05, 0) is 36.2 Å². The first-order valence-corrected chi connectivity index (χ1v) is 7.07. The minimum atomic E-state index is -0.308. The number of rotatable bonds is 7. The number of furan rings is 1. The average molecular weight is 301 g/mol. The van der Waals surface area contributed by atoms with Crippen molar-refractivity contribution in [1.82, 2.24) is 15.2 Å². The highest BCUT2D eigenvalue weighted by molar-refractivity contribution is 5.96. The molecule has 0 aromatic carbocycles. The van der Waals surface area contributed by atoms with Crippen molar-refractivity contribution in [3.8, 4) is 0 Å². The van der Waals surface area contributed by atoms with Gasteiger partial charge in [-0.1, -0.05) is 0 Å². The molecule has 1 N–H and O–H groups in total. The molecule has 22 heavy (non-hydrogen) atoms. The average Bonchev–Trinajstić information content (AvgIpc) is 3.05. The molecule has 2 aromatic heterocycles. The zero-order valence-electron chi connectivity index (χ0n) is 12.5. The van der Waals surface area contributed by atoms with Crippen LogP contribution in [0, 0.1) is 0 Å². The minimum Gasteiger partial charge on any atom is -0.467 e. The maximum atomic E-state index is 12.0. The Morgan fingerprint density at radius 2 is 2.05 bits per heavy atom. The van der Waals surface area contributed by atoms with E-state index in [2.05, 4.69) is 10.3 Å².